The first kappa shape index (κ1) is 22.9. The number of hydrogen-bond acceptors (Lipinski definition) is 8. The van der Waals surface area contributed by atoms with Crippen molar-refractivity contribution in [1.29, 1.82) is 5.26 Å². The molecule has 0 radical (unpaired) electrons. The van der Waals surface area contributed by atoms with E-state index < -0.39 is 27.5 Å². The molecule has 0 spiro atoms. The molecule has 166 valence electrons. The van der Waals surface area contributed by atoms with Gasteiger partial charge in [-0.2, -0.15) is 5.26 Å². The Morgan fingerprint density at radius 2 is 1.88 bits per heavy atom. The summed E-state index contributed by atoms with van der Waals surface area (Å²) in [6.45, 7) is 5.07. The van der Waals surface area contributed by atoms with Gasteiger partial charge in [-0.25, -0.2) is 17.9 Å². The number of carbonyl (C=O) groups is 2. The Morgan fingerprint density at radius 3 is 2.50 bits per heavy atom. The fourth-order valence-corrected chi connectivity index (χ4v) is 3.53. The number of nitrogens with one attached hydrogen (secondary N) is 2. The number of benzene rings is 2. The molecule has 0 fully saturated rings. The molecule has 3 rings (SSSR count). The number of carbonyl (C=O) groups excluding carboxylic acids is 2. The molecule has 1 heterocycles. The molecule has 0 saturated heterocycles. The lowest BCUT2D eigenvalue weighted by atomic mass is 10.1. The normalized spacial score (nSPS) is 11.7. The maximum absolute atomic E-state index is 12.9. The molecule has 3 aromatic rings. The number of nitriles is 1. The van der Waals surface area contributed by atoms with E-state index in [2.05, 4.69) is 15.2 Å². The van der Waals surface area contributed by atoms with E-state index in [1.807, 2.05) is 6.07 Å². The Labute approximate surface area is 184 Å². The highest BCUT2D eigenvalue weighted by Crippen LogP contribution is 2.25. The molecule has 0 aliphatic heterocycles. The van der Waals surface area contributed by atoms with Gasteiger partial charge in [0.25, 0.3) is 5.91 Å². The lowest BCUT2D eigenvalue weighted by Gasteiger charge is -2.20. The van der Waals surface area contributed by atoms with E-state index in [1.165, 1.54) is 43.4 Å². The lowest BCUT2D eigenvalue weighted by molar-refractivity contribution is 0.00707. The third-order valence-corrected chi connectivity index (χ3v) is 5.66. The van der Waals surface area contributed by atoms with E-state index in [9.17, 15) is 18.0 Å². The summed E-state index contributed by atoms with van der Waals surface area (Å²) in [7, 11) is -2.49. The van der Waals surface area contributed by atoms with Crippen molar-refractivity contribution in [2.24, 2.45) is 0 Å². The molecule has 11 heteroatoms. The standard InChI is InChI=1S/C21H20N4O6S/c1-21(2,3)30-20(27)14-9-12(11-22)5-7-16(14)24-19(26)18-15-10-13(32(28,29)23-4)6-8-17(15)31-25-18/h5-10,23H,1-4H3,(H,24,26). The number of rotatable bonds is 5. The molecule has 32 heavy (non-hydrogen) atoms. The predicted molar refractivity (Wildman–Crippen MR) is 115 cm³/mol. The van der Waals surface area contributed by atoms with Crippen molar-refractivity contribution in [1.82, 2.24) is 9.88 Å². The van der Waals surface area contributed by atoms with Gasteiger partial charge in [0.15, 0.2) is 11.3 Å². The topological polar surface area (TPSA) is 151 Å². The fraction of sp³-hybridized carbons (Fsp3) is 0.238. The lowest BCUT2D eigenvalue weighted by Crippen LogP contribution is -2.25. The predicted octanol–water partition coefficient (Wildman–Crippen LogP) is 2.82. The summed E-state index contributed by atoms with van der Waals surface area (Å²) in [5.41, 5.74) is -0.474. The zero-order valence-corrected chi connectivity index (χ0v) is 18.5. The second-order valence-electron chi connectivity index (χ2n) is 7.72. The summed E-state index contributed by atoms with van der Waals surface area (Å²) in [5.74, 6) is -1.46. The SMILES string of the molecule is CNS(=O)(=O)c1ccc2onc(C(=O)Nc3ccc(C#N)cc3C(=O)OC(C)(C)C)c2c1. The van der Waals surface area contributed by atoms with Gasteiger partial charge in [-0.15, -0.1) is 0 Å². The monoisotopic (exact) mass is 456 g/mol. The van der Waals surface area contributed by atoms with E-state index >= 15 is 0 Å². The summed E-state index contributed by atoms with van der Waals surface area (Å²) in [5, 5.41) is 15.6. The van der Waals surface area contributed by atoms with Crippen LogP contribution in [0.1, 0.15) is 47.2 Å². The van der Waals surface area contributed by atoms with Crippen LogP contribution in [0.5, 0.6) is 0 Å². The summed E-state index contributed by atoms with van der Waals surface area (Å²) < 4.78 is 36.9. The first-order chi connectivity index (χ1) is 14.9. The van der Waals surface area contributed by atoms with Crippen molar-refractivity contribution in [2.45, 2.75) is 31.3 Å². The molecule has 10 nitrogen and oxygen atoms in total. The van der Waals surface area contributed by atoms with Crippen LogP contribution < -0.4 is 10.0 Å². The van der Waals surface area contributed by atoms with Crippen molar-refractivity contribution >= 4 is 38.6 Å². The highest BCUT2D eigenvalue weighted by molar-refractivity contribution is 7.89. The Kier molecular flexibility index (Phi) is 6.03. The maximum atomic E-state index is 12.9. The van der Waals surface area contributed by atoms with Crippen LogP contribution in [-0.4, -0.2) is 38.1 Å². The van der Waals surface area contributed by atoms with Crippen LogP contribution >= 0.6 is 0 Å². The minimum absolute atomic E-state index is 0.0152. The minimum atomic E-state index is -3.75. The molecule has 0 bridgehead atoms. The fourth-order valence-electron chi connectivity index (χ4n) is 2.77. The molecule has 0 atom stereocenters. The quantitative estimate of drug-likeness (QED) is 0.556. The third-order valence-electron chi connectivity index (χ3n) is 4.25. The van der Waals surface area contributed by atoms with Gasteiger partial charge in [-0.05, 0) is 64.2 Å². The summed E-state index contributed by atoms with van der Waals surface area (Å²) >= 11 is 0. The van der Waals surface area contributed by atoms with E-state index in [1.54, 1.807) is 20.8 Å². The van der Waals surface area contributed by atoms with Crippen LogP contribution in [0.4, 0.5) is 5.69 Å². The van der Waals surface area contributed by atoms with Crippen LogP contribution in [-0.2, 0) is 14.8 Å². The minimum Gasteiger partial charge on any atom is -0.456 e. The zero-order valence-electron chi connectivity index (χ0n) is 17.7. The highest BCUT2D eigenvalue weighted by Gasteiger charge is 2.24. The Hall–Kier alpha value is -3.75. The van der Waals surface area contributed by atoms with Gasteiger partial charge in [0.1, 0.15) is 5.60 Å². The third kappa shape index (κ3) is 4.77. The second-order valence-corrected chi connectivity index (χ2v) is 9.61. The maximum Gasteiger partial charge on any atom is 0.340 e. The summed E-state index contributed by atoms with van der Waals surface area (Å²) in [6, 6.07) is 10.0. The molecule has 2 aromatic carbocycles. The molecular formula is C21H20N4O6S. The molecule has 0 saturated carbocycles. The van der Waals surface area contributed by atoms with Crippen LogP contribution in [0.2, 0.25) is 0 Å². The van der Waals surface area contributed by atoms with Gasteiger partial charge in [0.05, 0.1) is 33.2 Å². The van der Waals surface area contributed by atoms with Crippen molar-refractivity contribution in [3.8, 4) is 6.07 Å². The first-order valence-corrected chi connectivity index (χ1v) is 10.9. The van der Waals surface area contributed by atoms with E-state index in [-0.39, 0.29) is 38.4 Å². The van der Waals surface area contributed by atoms with E-state index in [0.29, 0.717) is 0 Å². The summed E-state index contributed by atoms with van der Waals surface area (Å²) in [6.07, 6.45) is 0. The molecule has 2 N–H and O–H groups in total. The van der Waals surface area contributed by atoms with Gasteiger partial charge in [-0.3, -0.25) is 4.79 Å². The van der Waals surface area contributed by atoms with Crippen molar-refractivity contribution in [2.75, 3.05) is 12.4 Å². The molecule has 0 unspecified atom stereocenters. The number of anilines is 1. The Balaban J connectivity index is 2.00. The van der Waals surface area contributed by atoms with E-state index in [4.69, 9.17) is 14.5 Å². The van der Waals surface area contributed by atoms with Crippen LogP contribution in [0.25, 0.3) is 11.0 Å². The molecule has 1 aromatic heterocycles. The summed E-state index contributed by atoms with van der Waals surface area (Å²) in [4.78, 5) is 25.5. The average molecular weight is 456 g/mol. The van der Waals surface area contributed by atoms with Crippen LogP contribution in [0.3, 0.4) is 0 Å². The van der Waals surface area contributed by atoms with Gasteiger partial charge >= 0.3 is 5.97 Å². The van der Waals surface area contributed by atoms with Gasteiger partial charge in [0, 0.05) is 0 Å². The molecular weight excluding hydrogens is 436 g/mol. The average Bonchev–Trinajstić information content (AvgIpc) is 3.16. The molecule has 0 aliphatic carbocycles. The van der Waals surface area contributed by atoms with Crippen LogP contribution in [0.15, 0.2) is 45.8 Å². The highest BCUT2D eigenvalue weighted by atomic mass is 32.2. The number of amides is 1. The van der Waals surface area contributed by atoms with Gasteiger partial charge in [0.2, 0.25) is 10.0 Å². The number of fused-ring (bicyclic) bond motifs is 1. The second kappa shape index (κ2) is 8.41. The first-order valence-electron chi connectivity index (χ1n) is 9.37. The van der Waals surface area contributed by atoms with Crippen LogP contribution in [0, 0.1) is 11.3 Å². The number of esters is 1. The van der Waals surface area contributed by atoms with Gasteiger partial charge < -0.3 is 14.6 Å². The van der Waals surface area contributed by atoms with Crippen molar-refractivity contribution < 1.29 is 27.3 Å². The van der Waals surface area contributed by atoms with Crippen molar-refractivity contribution in [3.05, 3.63) is 53.2 Å². The Morgan fingerprint density at radius 1 is 1.16 bits per heavy atom. The largest absolute Gasteiger partial charge is 0.456 e. The van der Waals surface area contributed by atoms with Gasteiger partial charge in [-0.1, -0.05) is 5.16 Å². The zero-order chi connectivity index (χ0) is 23.7. The number of sulfonamides is 1. The number of ether oxygens (including phenoxy) is 1. The number of nitrogens with zero attached hydrogens (tertiary/aromatic N) is 2. The Bertz CT molecular complexity index is 1360. The number of aromatic nitrogens is 1. The molecule has 0 aliphatic rings. The van der Waals surface area contributed by atoms with Crippen molar-refractivity contribution in [3.63, 3.8) is 0 Å². The molecule has 1 amide bonds. The smallest absolute Gasteiger partial charge is 0.340 e. The number of hydrogen-bond donors (Lipinski definition) is 2. The van der Waals surface area contributed by atoms with E-state index in [0.717, 1.165) is 0 Å².